The molecule has 0 bridgehead atoms. The molecule has 2 amide bonds. The summed E-state index contributed by atoms with van der Waals surface area (Å²) < 4.78 is 36.4. The first-order chi connectivity index (χ1) is 22.4. The average Bonchev–Trinajstić information content (AvgIpc) is 3.26. The van der Waals surface area contributed by atoms with Crippen molar-refractivity contribution in [2.45, 2.75) is 90.4 Å². The van der Waals surface area contributed by atoms with Gasteiger partial charge in [-0.2, -0.15) is 8.42 Å². The van der Waals surface area contributed by atoms with E-state index in [0.717, 1.165) is 53.4 Å². The number of carbonyl (C=O) groups excluding carboxylic acids is 2. The number of benzene rings is 2. The molecule has 0 spiro atoms. The summed E-state index contributed by atoms with van der Waals surface area (Å²) >= 11 is 0. The van der Waals surface area contributed by atoms with Crippen LogP contribution in [0.2, 0.25) is 0 Å². The van der Waals surface area contributed by atoms with Crippen LogP contribution < -0.4 is 14.2 Å². The summed E-state index contributed by atoms with van der Waals surface area (Å²) in [6.07, 6.45) is 7.66. The van der Waals surface area contributed by atoms with Gasteiger partial charge < -0.3 is 14.2 Å². The molecule has 1 aromatic heterocycles. The number of fused-ring (bicyclic) bond motifs is 5. The molecule has 3 aromatic rings. The van der Waals surface area contributed by atoms with Crippen molar-refractivity contribution in [1.29, 1.82) is 0 Å². The molecule has 3 heterocycles. The third-order valence-corrected chi connectivity index (χ3v) is 11.2. The van der Waals surface area contributed by atoms with Crippen LogP contribution in [0.1, 0.15) is 87.2 Å². The summed E-state index contributed by atoms with van der Waals surface area (Å²) in [5.74, 6) is 0.328. The maximum absolute atomic E-state index is 14.5. The van der Waals surface area contributed by atoms with Gasteiger partial charge in [-0.3, -0.25) is 14.5 Å². The van der Waals surface area contributed by atoms with Crippen molar-refractivity contribution in [2.75, 3.05) is 27.2 Å². The van der Waals surface area contributed by atoms with Crippen LogP contribution >= 0.6 is 0 Å². The highest BCUT2D eigenvalue weighted by atomic mass is 32.2. The number of nitrogens with one attached hydrogen (secondary N) is 2. The Morgan fingerprint density at radius 2 is 1.68 bits per heavy atom. The fraction of sp³-hybridized carbons (Fsp3) is 0.500. The van der Waals surface area contributed by atoms with Crippen LogP contribution in [0.3, 0.4) is 0 Å². The fourth-order valence-electron chi connectivity index (χ4n) is 8.27. The zero-order valence-corrected chi connectivity index (χ0v) is 29.1. The number of aromatic nitrogens is 1. The lowest BCUT2D eigenvalue weighted by molar-refractivity contribution is -0.132. The van der Waals surface area contributed by atoms with E-state index in [-0.39, 0.29) is 23.6 Å². The lowest BCUT2D eigenvalue weighted by Crippen LogP contribution is -2.60. The minimum absolute atomic E-state index is 0.00352. The number of rotatable bonds is 7. The Kier molecular flexibility index (Phi) is 9.26. The van der Waals surface area contributed by atoms with E-state index in [1.807, 2.05) is 29.2 Å². The summed E-state index contributed by atoms with van der Waals surface area (Å²) in [5.41, 5.74) is 5.92. The predicted octanol–water partition coefficient (Wildman–Crippen LogP) is 5.29. The Balaban J connectivity index is 1.52. The molecule has 3 aliphatic rings. The molecule has 47 heavy (non-hydrogen) atoms. The van der Waals surface area contributed by atoms with Gasteiger partial charge in [0.2, 0.25) is 0 Å². The normalized spacial score (nSPS) is 20.8. The largest absolute Gasteiger partial charge is 0.497 e. The molecule has 1 aliphatic carbocycles. The van der Waals surface area contributed by atoms with Gasteiger partial charge >= 0.3 is 10.2 Å². The van der Waals surface area contributed by atoms with Gasteiger partial charge in [-0.15, -0.1) is 0 Å². The van der Waals surface area contributed by atoms with Crippen LogP contribution in [-0.4, -0.2) is 80.0 Å². The summed E-state index contributed by atoms with van der Waals surface area (Å²) in [6.45, 7) is 10.4. The number of ether oxygens (including phenoxy) is 1. The number of hydrogen-bond acceptors (Lipinski definition) is 6. The molecular formula is C36H47N5O5S. The molecular weight excluding hydrogens is 614 g/mol. The van der Waals surface area contributed by atoms with Gasteiger partial charge in [0.25, 0.3) is 11.8 Å². The molecule has 2 aliphatic heterocycles. The number of carbonyl (C=O) groups is 2. The first kappa shape index (κ1) is 33.2. The SMILES string of the molecule is CNS(=O)(=O)NC(=O)c1ccc2c(C3CCCCC3)c3n(c2c1)CC(C(=O)N1C[C@@H](C)N(C(C)C)[C@@H](C)C1)=Cc1cc(OC)ccc1-3. The van der Waals surface area contributed by atoms with Crippen LogP contribution in [0.4, 0.5) is 0 Å². The molecule has 0 unspecified atom stereocenters. The minimum atomic E-state index is -3.98. The summed E-state index contributed by atoms with van der Waals surface area (Å²) in [5, 5.41) is 1.03. The van der Waals surface area contributed by atoms with Crippen molar-refractivity contribution >= 4 is 39.0 Å². The van der Waals surface area contributed by atoms with Gasteiger partial charge in [0.1, 0.15) is 5.75 Å². The van der Waals surface area contributed by atoms with Crippen molar-refractivity contribution in [3.8, 4) is 17.0 Å². The Morgan fingerprint density at radius 1 is 0.979 bits per heavy atom. The van der Waals surface area contributed by atoms with Gasteiger partial charge in [-0.1, -0.05) is 25.3 Å². The third-order valence-electron chi connectivity index (χ3n) is 10.2. The Morgan fingerprint density at radius 3 is 2.32 bits per heavy atom. The van der Waals surface area contributed by atoms with Crippen LogP contribution in [0.25, 0.3) is 28.2 Å². The highest BCUT2D eigenvalue weighted by molar-refractivity contribution is 7.88. The molecule has 6 rings (SSSR count). The van der Waals surface area contributed by atoms with Crippen molar-refractivity contribution in [2.24, 2.45) is 0 Å². The molecule has 2 atom stereocenters. The third kappa shape index (κ3) is 6.33. The van der Waals surface area contributed by atoms with Gasteiger partial charge in [0, 0.05) is 65.9 Å². The highest BCUT2D eigenvalue weighted by Gasteiger charge is 2.36. The second-order valence-electron chi connectivity index (χ2n) is 13.6. The van der Waals surface area contributed by atoms with E-state index in [9.17, 15) is 18.0 Å². The van der Waals surface area contributed by atoms with Gasteiger partial charge in [-0.05, 0) is 94.0 Å². The minimum Gasteiger partial charge on any atom is -0.497 e. The Labute approximate surface area is 278 Å². The summed E-state index contributed by atoms with van der Waals surface area (Å²) in [4.78, 5) is 32.1. The second-order valence-corrected chi connectivity index (χ2v) is 15.2. The monoisotopic (exact) mass is 661 g/mol. The van der Waals surface area contributed by atoms with Crippen LogP contribution in [-0.2, 0) is 21.5 Å². The van der Waals surface area contributed by atoms with Gasteiger partial charge in [0.05, 0.1) is 19.3 Å². The lowest BCUT2D eigenvalue weighted by atomic mass is 9.81. The first-order valence-corrected chi connectivity index (χ1v) is 18.3. The number of nitrogens with zero attached hydrogens (tertiary/aromatic N) is 3. The molecule has 2 N–H and O–H groups in total. The molecule has 11 heteroatoms. The number of hydrogen-bond donors (Lipinski definition) is 2. The summed E-state index contributed by atoms with van der Waals surface area (Å²) in [7, 11) is -1.08. The molecule has 10 nitrogen and oxygen atoms in total. The lowest BCUT2D eigenvalue weighted by Gasteiger charge is -2.46. The van der Waals surface area contributed by atoms with Crippen molar-refractivity contribution in [3.63, 3.8) is 0 Å². The average molecular weight is 662 g/mol. The van der Waals surface area contributed by atoms with E-state index < -0.39 is 16.1 Å². The van der Waals surface area contributed by atoms with Crippen LogP contribution in [0.5, 0.6) is 5.75 Å². The van der Waals surface area contributed by atoms with E-state index in [4.69, 9.17) is 4.74 Å². The molecule has 2 aromatic carbocycles. The molecule has 1 saturated carbocycles. The van der Waals surface area contributed by atoms with E-state index in [1.54, 1.807) is 19.2 Å². The van der Waals surface area contributed by atoms with Crippen molar-refractivity contribution < 1.29 is 22.7 Å². The zero-order chi connectivity index (χ0) is 33.6. The smallest absolute Gasteiger partial charge is 0.301 e. The molecule has 252 valence electrons. The molecule has 1 saturated heterocycles. The zero-order valence-electron chi connectivity index (χ0n) is 28.3. The molecule has 0 radical (unpaired) electrons. The number of amides is 2. The van der Waals surface area contributed by atoms with Crippen molar-refractivity contribution in [3.05, 3.63) is 58.7 Å². The standard InChI is InChI=1S/C36H47N5O5S/c1-22(2)41-23(3)19-39(20-24(41)4)36(43)28-16-27-17-29(46-6)13-15-30(27)34-33(25-10-8-7-9-11-25)31-14-12-26(18-32(31)40(34)21-28)35(42)38-47(44,45)37-5/h12-18,22-25,37H,7-11,19-21H2,1-6H3,(H,38,42)/t23-,24+. The van der Waals surface area contributed by atoms with Gasteiger partial charge in [-0.25, -0.2) is 9.44 Å². The van der Waals surface area contributed by atoms with Crippen LogP contribution in [0.15, 0.2) is 42.0 Å². The molecule has 2 fully saturated rings. The maximum atomic E-state index is 14.5. The van der Waals surface area contributed by atoms with E-state index in [0.29, 0.717) is 42.9 Å². The summed E-state index contributed by atoms with van der Waals surface area (Å²) in [6, 6.07) is 12.3. The number of methoxy groups -OCH3 is 1. The topological polar surface area (TPSA) is 113 Å². The Bertz CT molecular complexity index is 1830. The quantitative estimate of drug-likeness (QED) is 0.356. The van der Waals surface area contributed by atoms with Gasteiger partial charge in [0.15, 0.2) is 0 Å². The Hall–Kier alpha value is -3.67. The maximum Gasteiger partial charge on any atom is 0.301 e. The first-order valence-electron chi connectivity index (χ1n) is 16.8. The van der Waals surface area contributed by atoms with E-state index in [1.165, 1.54) is 19.0 Å². The van der Waals surface area contributed by atoms with Crippen molar-refractivity contribution in [1.82, 2.24) is 23.8 Å². The predicted molar refractivity (Wildman–Crippen MR) is 186 cm³/mol. The van der Waals surface area contributed by atoms with Crippen LogP contribution in [0, 0.1) is 0 Å². The fourth-order valence-corrected chi connectivity index (χ4v) is 8.73. The second kappa shape index (κ2) is 13.1. The van der Waals surface area contributed by atoms with E-state index in [2.05, 4.69) is 52.7 Å². The van der Waals surface area contributed by atoms with E-state index >= 15 is 0 Å². The highest BCUT2D eigenvalue weighted by Crippen LogP contribution is 2.47. The number of piperazine rings is 1.